The lowest BCUT2D eigenvalue weighted by molar-refractivity contribution is -0.306. The number of unbranched alkanes of at least 4 members (excludes halogenated alkanes) is 33. The van der Waals surface area contributed by atoms with Gasteiger partial charge in [-0.15, -0.1) is 0 Å². The monoisotopic (exact) mass is 1840 g/mol. The van der Waals surface area contributed by atoms with E-state index in [9.17, 15) is 14.7 Å². The number of halogens is 1. The van der Waals surface area contributed by atoms with Crippen LogP contribution in [0.1, 0.15) is 339 Å². The average molecular weight is 1840 g/mol. The highest BCUT2D eigenvalue weighted by atomic mass is 31.2. The van der Waals surface area contributed by atoms with Gasteiger partial charge in [0.15, 0.2) is 18.7 Å². The molecule has 13 atom stereocenters. The number of carbonyl (C=O) groups is 3. The Bertz CT molecular complexity index is 3790. The van der Waals surface area contributed by atoms with E-state index in [0.29, 0.717) is 43.6 Å². The number of hydrogen-bond donors (Lipinski definition) is 3. The summed E-state index contributed by atoms with van der Waals surface area (Å²) in [5.41, 5.74) is 3.40. The van der Waals surface area contributed by atoms with Gasteiger partial charge in [-0.05, 0) is 85.0 Å². The topological polar surface area (TPSA) is 233 Å². The van der Waals surface area contributed by atoms with Crippen LogP contribution in [-0.2, 0) is 84.1 Å². The Morgan fingerprint density at radius 3 is 1.20 bits per heavy atom. The summed E-state index contributed by atoms with van der Waals surface area (Å²) in [6, 6.07) is 52.7. The molecule has 6 aromatic rings. The van der Waals surface area contributed by atoms with Crippen LogP contribution in [0.5, 0.6) is 11.5 Å². The molecule has 0 bridgehead atoms. The van der Waals surface area contributed by atoms with Crippen LogP contribution in [0, 0.1) is 0 Å². The number of esters is 1. The predicted octanol–water partition coefficient (Wildman–Crippen LogP) is 26.0. The summed E-state index contributed by atoms with van der Waals surface area (Å²) in [6.07, 6.45) is 31.3. The number of hydrogen-bond acceptors (Lipinski definition) is 18. The first-order valence-electron chi connectivity index (χ1n) is 50.9. The molecular weight excluding hydrogens is 1680 g/mol. The molecule has 2 saturated heterocycles. The molecule has 0 saturated carbocycles. The van der Waals surface area contributed by atoms with Crippen LogP contribution in [0.4, 0.5) is 4.39 Å². The molecule has 3 N–H and O–H groups in total. The first kappa shape index (κ1) is 109. The maximum Gasteiger partial charge on any atom is 0.588 e. The minimum absolute atomic E-state index is 0.00181. The smallest absolute Gasteiger partial charge is 0.451 e. The van der Waals surface area contributed by atoms with Crippen molar-refractivity contribution in [3.63, 3.8) is 0 Å². The van der Waals surface area contributed by atoms with E-state index in [1.165, 1.54) is 155 Å². The lowest BCUT2D eigenvalue weighted by Crippen LogP contribution is -2.67. The predicted molar refractivity (Wildman–Crippen MR) is 519 cm³/mol. The third-order valence-electron chi connectivity index (χ3n) is 24.9. The molecule has 2 aliphatic rings. The Hall–Kier alpha value is -6.95. The van der Waals surface area contributed by atoms with Gasteiger partial charge in [0.05, 0.1) is 44.6 Å². The van der Waals surface area contributed by atoms with Crippen molar-refractivity contribution in [1.29, 1.82) is 0 Å². The van der Waals surface area contributed by atoms with E-state index in [4.69, 9.17) is 60.9 Å². The van der Waals surface area contributed by atoms with Crippen molar-refractivity contribution in [2.24, 2.45) is 0 Å². The second kappa shape index (κ2) is 68.1. The summed E-state index contributed by atoms with van der Waals surface area (Å²) < 4.78 is 120. The zero-order chi connectivity index (χ0) is 92.7. The van der Waals surface area contributed by atoms with Crippen molar-refractivity contribution < 1.29 is 89.4 Å². The third-order valence-corrected chi connectivity index (χ3v) is 26.3. The summed E-state index contributed by atoms with van der Waals surface area (Å²) >= 11 is 0. The van der Waals surface area contributed by atoms with Crippen molar-refractivity contribution in [1.82, 2.24) is 10.6 Å². The molecule has 0 spiro atoms. The van der Waals surface area contributed by atoms with E-state index < -0.39 is 119 Å². The van der Waals surface area contributed by atoms with Gasteiger partial charge in [0.1, 0.15) is 73.5 Å². The molecule has 6 aromatic carbocycles. The lowest BCUT2D eigenvalue weighted by atomic mass is 9.95. The fourth-order valence-electron chi connectivity index (χ4n) is 17.4. The van der Waals surface area contributed by atoms with Crippen LogP contribution in [0.2, 0.25) is 0 Å². The highest BCUT2D eigenvalue weighted by Gasteiger charge is 2.54. The van der Waals surface area contributed by atoms with Gasteiger partial charge in [-0.1, -0.05) is 417 Å². The summed E-state index contributed by atoms with van der Waals surface area (Å²) in [6.45, 7) is 8.95. The van der Waals surface area contributed by atoms with E-state index in [0.717, 1.165) is 114 Å². The van der Waals surface area contributed by atoms with E-state index in [2.05, 4.69) is 38.3 Å². The average Bonchev–Trinajstić information content (AvgIpc) is 0.756. The number of carbonyl (C=O) groups excluding carboxylic acids is 3. The number of phosphoric acid groups is 1. The standard InChI is InChI=1S/C109H164FN2O18P/c1-6-10-14-18-22-26-30-34-38-60-78-118-92(69-53-35-31-27-23-19-15-11-7-2)76-80-120-107-102(111-87(5)113)109(125-97(82-110)105(107)130-131(117,128-94-71-56-43-57-72-94)129-95-73-58-44-59-74-95)123-85-98-103(116)106(119-79-77-93(121-83-88-61-45-39-46-62-88)70-54-36-32-28-24-20-16-12-8-3)101(108(126-98)124-86-100(115)127-104(90-65-49-41-50-66-90)91-67-51-42-52-68-91)112-99(114)81-96(122-84-89-63-47-40-48-64-89)75-55-37-33-29-25-21-17-13-9-4/h39-52,56-59,61-68,71-74,92-93,96-98,101-109,116H,6-38,53-55,60,69-70,75-86H2,1-5H3,(H,111,113)(H,112,114)/t92-,93-,96-,97-,98-,101-,102-,103-,105+,106-,107-,108+,109-/m1/s1. The second-order valence-electron chi connectivity index (χ2n) is 36.0. The summed E-state index contributed by atoms with van der Waals surface area (Å²) in [5, 5.41) is 19.7. The lowest BCUT2D eigenvalue weighted by Gasteiger charge is -2.47. The van der Waals surface area contributed by atoms with E-state index in [1.54, 1.807) is 60.7 Å². The third kappa shape index (κ3) is 45.1. The van der Waals surface area contributed by atoms with E-state index in [1.807, 2.05) is 121 Å². The Balaban J connectivity index is 1.14. The Kier molecular flexibility index (Phi) is 56.9. The number of benzene rings is 6. The van der Waals surface area contributed by atoms with Crippen LogP contribution in [-0.4, -0.2) is 142 Å². The number of aliphatic hydroxyl groups is 1. The highest BCUT2D eigenvalue weighted by Crippen LogP contribution is 2.53. The number of aliphatic hydroxyl groups excluding tert-OH is 1. The number of ether oxygens (including phenoxy) is 10. The fraction of sp³-hybridized carbons (Fsp3) is 0.642. The largest absolute Gasteiger partial charge is 0.588 e. The fourth-order valence-corrected chi connectivity index (χ4v) is 18.8. The van der Waals surface area contributed by atoms with Gasteiger partial charge in [0, 0.05) is 26.7 Å². The first-order valence-corrected chi connectivity index (χ1v) is 52.3. The molecule has 20 nitrogen and oxygen atoms in total. The quantitative estimate of drug-likeness (QED) is 0.0183. The van der Waals surface area contributed by atoms with Crippen LogP contribution in [0.3, 0.4) is 0 Å². The number of rotatable bonds is 76. The molecule has 131 heavy (non-hydrogen) atoms. The number of para-hydroxylation sites is 2. The highest BCUT2D eigenvalue weighted by molar-refractivity contribution is 7.49. The zero-order valence-electron chi connectivity index (χ0n) is 80.2. The maximum atomic E-state index is 16.8. The van der Waals surface area contributed by atoms with Gasteiger partial charge in [0.25, 0.3) is 0 Å². The summed E-state index contributed by atoms with van der Waals surface area (Å²) in [5.74, 6) is -1.52. The number of alkyl halides is 1. The molecule has 22 heteroatoms. The SMILES string of the molecule is CCCCCCCCCCCCO[C@H](CCCCCCCCCCC)CCO[C@@H]1[C@@H](NC(C)=O)[C@H](OC[C@H]2O[C@H](OCC(=O)OC(c3ccccc3)c3ccccc3)[C@H](NC(=O)C[C@@H](CCCCCCCCCCC)OCc3ccccc3)[C@@H](OCC[C@@H](CCCCCCCCCCC)OCc3ccccc3)[C@@H]2O)O[C@H](CF)[C@@H]1OP(=O)(Oc1ccccc1)Oc1ccccc1. The Morgan fingerprint density at radius 1 is 0.397 bits per heavy atom. The van der Waals surface area contributed by atoms with Crippen LogP contribution in [0.25, 0.3) is 0 Å². The number of nitrogens with one attached hydrogen (secondary N) is 2. The van der Waals surface area contributed by atoms with Crippen LogP contribution >= 0.6 is 7.82 Å². The molecule has 2 fully saturated rings. The molecule has 0 unspecified atom stereocenters. The molecule has 0 aromatic heterocycles. The van der Waals surface area contributed by atoms with Gasteiger partial charge < -0.3 is 72.2 Å². The van der Waals surface area contributed by atoms with Crippen molar-refractivity contribution in [2.75, 3.05) is 39.7 Å². The van der Waals surface area contributed by atoms with E-state index in [-0.39, 0.29) is 49.9 Å². The van der Waals surface area contributed by atoms with E-state index >= 15 is 13.8 Å². The van der Waals surface area contributed by atoms with Gasteiger partial charge >= 0.3 is 13.8 Å². The molecular formula is C109H164FN2O18P. The van der Waals surface area contributed by atoms with Gasteiger partial charge in [0.2, 0.25) is 11.8 Å². The van der Waals surface area contributed by atoms with Crippen LogP contribution in [0.15, 0.2) is 182 Å². The van der Waals surface area contributed by atoms with Crippen molar-refractivity contribution >= 4 is 25.6 Å². The van der Waals surface area contributed by atoms with Crippen molar-refractivity contribution in [3.8, 4) is 11.5 Å². The summed E-state index contributed by atoms with van der Waals surface area (Å²) in [7, 11) is -4.90. The van der Waals surface area contributed by atoms with Crippen molar-refractivity contribution in [3.05, 3.63) is 204 Å². The van der Waals surface area contributed by atoms with Gasteiger partial charge in [-0.2, -0.15) is 0 Å². The minimum Gasteiger partial charge on any atom is -0.451 e. The van der Waals surface area contributed by atoms with Crippen LogP contribution < -0.4 is 19.7 Å². The minimum atomic E-state index is -4.90. The molecule has 2 heterocycles. The Morgan fingerprint density at radius 2 is 0.763 bits per heavy atom. The molecule has 2 aliphatic heterocycles. The zero-order valence-corrected chi connectivity index (χ0v) is 81.1. The second-order valence-corrected chi connectivity index (χ2v) is 37.5. The van der Waals surface area contributed by atoms with Gasteiger partial charge in [-0.3, -0.25) is 14.1 Å². The molecule has 0 aliphatic carbocycles. The molecule has 0 radical (unpaired) electrons. The number of amides is 2. The molecule has 730 valence electrons. The van der Waals surface area contributed by atoms with Crippen molar-refractivity contribution in [2.45, 2.75) is 410 Å². The molecule has 2 amide bonds. The number of phosphoric ester groups is 1. The molecule has 8 rings (SSSR count). The first-order chi connectivity index (χ1) is 64.3. The summed E-state index contributed by atoms with van der Waals surface area (Å²) in [4.78, 5) is 44.3. The maximum absolute atomic E-state index is 16.8. The normalized spacial score (nSPS) is 19.4. The van der Waals surface area contributed by atoms with Gasteiger partial charge in [-0.25, -0.2) is 13.8 Å². The Labute approximate surface area is 786 Å².